The molecule has 2 aromatic carbocycles. The largest absolute Gasteiger partial charge is 0.507 e. The molecule has 7 nitrogen and oxygen atoms in total. The van der Waals surface area contributed by atoms with Gasteiger partial charge in [-0.25, -0.2) is 14.1 Å². The number of aromatic carboxylic acids is 1. The first-order valence-corrected chi connectivity index (χ1v) is 7.80. The molecule has 0 spiro atoms. The molecule has 0 aliphatic carbocycles. The quantitative estimate of drug-likeness (QED) is 0.706. The van der Waals surface area contributed by atoms with E-state index < -0.39 is 35.4 Å². The maximum Gasteiger partial charge on any atom is 0.339 e. The summed E-state index contributed by atoms with van der Waals surface area (Å²) in [5.74, 6) is -3.61. The zero-order valence-corrected chi connectivity index (χ0v) is 13.8. The van der Waals surface area contributed by atoms with Crippen LogP contribution in [-0.2, 0) is 9.59 Å². The van der Waals surface area contributed by atoms with E-state index in [0.717, 1.165) is 23.1 Å². The first-order valence-electron chi connectivity index (χ1n) is 7.42. The van der Waals surface area contributed by atoms with Gasteiger partial charge in [-0.15, -0.1) is 0 Å². The number of imide groups is 1. The SMILES string of the molecule is O=C(O)c1ccc(N2C(=O)CC(Nc3ccc(F)c(Cl)c3)C2=O)cc1O. The summed E-state index contributed by atoms with van der Waals surface area (Å²) < 4.78 is 13.2. The number of carbonyl (C=O) groups is 3. The molecule has 0 aromatic heterocycles. The monoisotopic (exact) mass is 378 g/mol. The lowest BCUT2D eigenvalue weighted by atomic mass is 10.1. The molecular weight excluding hydrogens is 367 g/mol. The molecule has 9 heteroatoms. The summed E-state index contributed by atoms with van der Waals surface area (Å²) >= 11 is 5.69. The van der Waals surface area contributed by atoms with Crippen molar-refractivity contribution in [2.75, 3.05) is 10.2 Å². The first-order chi connectivity index (χ1) is 12.3. The summed E-state index contributed by atoms with van der Waals surface area (Å²) in [6.45, 7) is 0. The number of amides is 2. The van der Waals surface area contributed by atoms with Crippen LogP contribution >= 0.6 is 11.6 Å². The lowest BCUT2D eigenvalue weighted by Gasteiger charge is -2.17. The fourth-order valence-corrected chi connectivity index (χ4v) is 2.82. The van der Waals surface area contributed by atoms with E-state index in [2.05, 4.69) is 5.32 Å². The number of hydrogen-bond acceptors (Lipinski definition) is 5. The number of nitrogens with zero attached hydrogens (tertiary/aromatic N) is 1. The van der Waals surface area contributed by atoms with Crippen LogP contribution in [0.3, 0.4) is 0 Å². The third-order valence-corrected chi connectivity index (χ3v) is 4.17. The molecule has 1 saturated heterocycles. The van der Waals surface area contributed by atoms with Crippen molar-refractivity contribution < 1.29 is 29.0 Å². The molecule has 26 heavy (non-hydrogen) atoms. The molecule has 3 rings (SSSR count). The molecule has 1 fully saturated rings. The Kier molecular flexibility index (Phi) is 4.52. The minimum Gasteiger partial charge on any atom is -0.507 e. The Morgan fingerprint density at radius 1 is 1.23 bits per heavy atom. The van der Waals surface area contributed by atoms with Crippen molar-refractivity contribution in [3.8, 4) is 5.75 Å². The van der Waals surface area contributed by atoms with E-state index in [1.165, 1.54) is 18.2 Å². The third-order valence-electron chi connectivity index (χ3n) is 3.88. The van der Waals surface area contributed by atoms with Gasteiger partial charge in [-0.3, -0.25) is 9.59 Å². The fraction of sp³-hybridized carbons (Fsp3) is 0.118. The number of benzene rings is 2. The number of aromatic hydroxyl groups is 1. The summed E-state index contributed by atoms with van der Waals surface area (Å²) in [6.07, 6.45) is -0.157. The Bertz CT molecular complexity index is 933. The second-order valence-electron chi connectivity index (χ2n) is 5.60. The summed E-state index contributed by atoms with van der Waals surface area (Å²) in [5, 5.41) is 21.4. The second-order valence-corrected chi connectivity index (χ2v) is 6.01. The highest BCUT2D eigenvalue weighted by Gasteiger charge is 2.40. The van der Waals surface area contributed by atoms with Crippen molar-refractivity contribution in [1.29, 1.82) is 0 Å². The summed E-state index contributed by atoms with van der Waals surface area (Å²) in [4.78, 5) is 36.5. The molecule has 2 aromatic rings. The van der Waals surface area contributed by atoms with Crippen molar-refractivity contribution in [2.45, 2.75) is 12.5 Å². The Morgan fingerprint density at radius 3 is 2.58 bits per heavy atom. The van der Waals surface area contributed by atoms with Gasteiger partial charge in [0.15, 0.2) is 0 Å². The molecule has 0 bridgehead atoms. The van der Waals surface area contributed by atoms with Gasteiger partial charge in [0.25, 0.3) is 5.91 Å². The van der Waals surface area contributed by atoms with Gasteiger partial charge in [-0.1, -0.05) is 11.6 Å². The number of carbonyl (C=O) groups excluding carboxylic acids is 2. The Balaban J connectivity index is 1.83. The number of halogens is 2. The molecule has 134 valence electrons. The summed E-state index contributed by atoms with van der Waals surface area (Å²) in [6, 6.07) is 6.32. The summed E-state index contributed by atoms with van der Waals surface area (Å²) in [7, 11) is 0. The van der Waals surface area contributed by atoms with Crippen LogP contribution in [-0.4, -0.2) is 34.0 Å². The van der Waals surface area contributed by atoms with E-state index in [1.807, 2.05) is 0 Å². The van der Waals surface area contributed by atoms with Crippen molar-refractivity contribution in [3.05, 3.63) is 52.8 Å². The van der Waals surface area contributed by atoms with Crippen LogP contribution in [0, 0.1) is 5.82 Å². The zero-order chi connectivity index (χ0) is 19.0. The standard InChI is InChI=1S/C17H12ClFN2O5/c18-11-5-8(1-4-12(11)19)20-13-7-15(23)21(16(13)24)9-2-3-10(17(25)26)14(22)6-9/h1-6,13,20,22H,7H2,(H,25,26). The van der Waals surface area contributed by atoms with Crippen LogP contribution in [0.2, 0.25) is 5.02 Å². The van der Waals surface area contributed by atoms with Crippen molar-refractivity contribution >= 4 is 40.8 Å². The Morgan fingerprint density at radius 2 is 1.96 bits per heavy atom. The summed E-state index contributed by atoms with van der Waals surface area (Å²) in [5.41, 5.74) is 0.0842. The Hall–Kier alpha value is -3.13. The van der Waals surface area contributed by atoms with Gasteiger partial charge in [0.05, 0.1) is 17.1 Å². The lowest BCUT2D eigenvalue weighted by molar-refractivity contribution is -0.121. The molecule has 1 unspecified atom stereocenters. The van der Waals surface area contributed by atoms with Gasteiger partial charge in [0, 0.05) is 11.8 Å². The van der Waals surface area contributed by atoms with Crippen LogP contribution < -0.4 is 10.2 Å². The van der Waals surface area contributed by atoms with Gasteiger partial charge in [-0.05, 0) is 30.3 Å². The molecule has 1 aliphatic heterocycles. The normalized spacial score (nSPS) is 16.8. The van der Waals surface area contributed by atoms with Crippen LogP contribution in [0.5, 0.6) is 5.75 Å². The van der Waals surface area contributed by atoms with E-state index in [-0.39, 0.29) is 22.7 Å². The lowest BCUT2D eigenvalue weighted by Crippen LogP contribution is -2.34. The highest BCUT2D eigenvalue weighted by molar-refractivity contribution is 6.31. The zero-order valence-electron chi connectivity index (χ0n) is 13.1. The molecule has 0 saturated carbocycles. The van der Waals surface area contributed by atoms with Gasteiger partial charge < -0.3 is 15.5 Å². The first kappa shape index (κ1) is 17.7. The topological polar surface area (TPSA) is 107 Å². The number of rotatable bonds is 4. The molecule has 0 radical (unpaired) electrons. The average molecular weight is 379 g/mol. The minimum atomic E-state index is -1.33. The maximum atomic E-state index is 13.2. The molecular formula is C17H12ClFN2O5. The Labute approximate surface area is 151 Å². The predicted octanol–water partition coefficient (Wildman–Crippen LogP) is 2.63. The smallest absolute Gasteiger partial charge is 0.339 e. The van der Waals surface area contributed by atoms with E-state index >= 15 is 0 Å². The molecule has 1 heterocycles. The molecule has 1 aliphatic rings. The van der Waals surface area contributed by atoms with Crippen LogP contribution in [0.25, 0.3) is 0 Å². The molecule has 3 N–H and O–H groups in total. The van der Waals surface area contributed by atoms with E-state index in [1.54, 1.807) is 0 Å². The maximum absolute atomic E-state index is 13.2. The number of nitrogens with one attached hydrogen (secondary N) is 1. The third kappa shape index (κ3) is 3.18. The predicted molar refractivity (Wildman–Crippen MR) is 91.0 cm³/mol. The van der Waals surface area contributed by atoms with Gasteiger partial charge in [0.1, 0.15) is 23.2 Å². The van der Waals surface area contributed by atoms with Crippen LogP contribution in [0.15, 0.2) is 36.4 Å². The van der Waals surface area contributed by atoms with Gasteiger partial charge >= 0.3 is 5.97 Å². The van der Waals surface area contributed by atoms with Crippen LogP contribution in [0.1, 0.15) is 16.8 Å². The highest BCUT2D eigenvalue weighted by atomic mass is 35.5. The number of anilines is 2. The van der Waals surface area contributed by atoms with E-state index in [0.29, 0.717) is 5.69 Å². The molecule has 1 atom stereocenters. The minimum absolute atomic E-state index is 0.0592. The highest BCUT2D eigenvalue weighted by Crippen LogP contribution is 2.30. The average Bonchev–Trinajstić information content (AvgIpc) is 2.84. The number of carboxylic acid groups (broad SMARTS) is 1. The number of carboxylic acids is 1. The van der Waals surface area contributed by atoms with Gasteiger partial charge in [0.2, 0.25) is 5.91 Å². The van der Waals surface area contributed by atoms with Crippen LogP contribution in [0.4, 0.5) is 15.8 Å². The van der Waals surface area contributed by atoms with Gasteiger partial charge in [-0.2, -0.15) is 0 Å². The second kappa shape index (κ2) is 6.64. The fourth-order valence-electron chi connectivity index (χ4n) is 2.64. The number of hydrogen-bond donors (Lipinski definition) is 3. The molecule has 2 amide bonds. The van der Waals surface area contributed by atoms with Crippen molar-refractivity contribution in [3.63, 3.8) is 0 Å². The van der Waals surface area contributed by atoms with Crippen molar-refractivity contribution in [2.24, 2.45) is 0 Å². The van der Waals surface area contributed by atoms with Crippen molar-refractivity contribution in [1.82, 2.24) is 0 Å². The van der Waals surface area contributed by atoms with E-state index in [9.17, 15) is 23.9 Å². The number of phenols is 1. The van der Waals surface area contributed by atoms with E-state index in [4.69, 9.17) is 16.7 Å².